The Morgan fingerprint density at radius 1 is 1.58 bits per heavy atom. The van der Waals surface area contributed by atoms with E-state index in [0.717, 1.165) is 0 Å². The van der Waals surface area contributed by atoms with Gasteiger partial charge in [-0.2, -0.15) is 0 Å². The lowest BCUT2D eigenvalue weighted by Gasteiger charge is -2.14. The molecule has 0 aromatic rings. The third kappa shape index (κ3) is 0.983. The van der Waals surface area contributed by atoms with Crippen LogP contribution in [0.2, 0.25) is 0 Å². The first kappa shape index (κ1) is 9.03. The summed E-state index contributed by atoms with van der Waals surface area (Å²) in [5.74, 6) is -1.89. The number of hydrogen-bond donors (Lipinski definition) is 2. The third-order valence-corrected chi connectivity index (χ3v) is 2.78. The molecule has 4 nitrogen and oxygen atoms in total. The maximum absolute atomic E-state index is 10.8. The van der Waals surface area contributed by atoms with Crippen molar-refractivity contribution in [3.63, 3.8) is 0 Å². The molecule has 2 atom stereocenters. The van der Waals surface area contributed by atoms with Gasteiger partial charge >= 0.3 is 5.97 Å². The fraction of sp³-hybridized carbons (Fsp3) is 0.750. The van der Waals surface area contributed by atoms with Crippen molar-refractivity contribution in [2.75, 3.05) is 0 Å². The highest BCUT2D eigenvalue weighted by molar-refractivity contribution is 5.92. The van der Waals surface area contributed by atoms with Crippen molar-refractivity contribution in [2.24, 2.45) is 23.0 Å². The fourth-order valence-corrected chi connectivity index (χ4v) is 1.75. The quantitative estimate of drug-likeness (QED) is 0.637. The summed E-state index contributed by atoms with van der Waals surface area (Å²) < 4.78 is 0. The van der Waals surface area contributed by atoms with Gasteiger partial charge in [-0.05, 0) is 12.3 Å². The van der Waals surface area contributed by atoms with Crippen molar-refractivity contribution in [3.8, 4) is 0 Å². The molecule has 0 heterocycles. The zero-order valence-corrected chi connectivity index (χ0v) is 7.20. The summed E-state index contributed by atoms with van der Waals surface area (Å²) in [6, 6.07) is 0. The highest BCUT2D eigenvalue weighted by Crippen LogP contribution is 2.57. The highest BCUT2D eigenvalue weighted by Gasteiger charge is 2.65. The van der Waals surface area contributed by atoms with Gasteiger partial charge in [0, 0.05) is 0 Å². The van der Waals surface area contributed by atoms with Crippen LogP contribution in [-0.4, -0.2) is 17.0 Å². The zero-order valence-electron chi connectivity index (χ0n) is 7.20. The summed E-state index contributed by atoms with van der Waals surface area (Å²) in [5, 5.41) is 8.89. The summed E-state index contributed by atoms with van der Waals surface area (Å²) in [7, 11) is 0. The number of rotatable bonds is 3. The first-order chi connectivity index (χ1) is 5.43. The second kappa shape index (κ2) is 2.47. The van der Waals surface area contributed by atoms with Crippen molar-refractivity contribution in [3.05, 3.63) is 0 Å². The van der Waals surface area contributed by atoms with Crippen molar-refractivity contribution < 1.29 is 14.7 Å². The van der Waals surface area contributed by atoms with Crippen molar-refractivity contribution in [1.29, 1.82) is 0 Å². The Morgan fingerprint density at radius 2 is 2.08 bits per heavy atom. The number of carboxylic acids is 1. The van der Waals surface area contributed by atoms with Crippen LogP contribution in [0.1, 0.15) is 20.3 Å². The maximum atomic E-state index is 10.8. The Kier molecular flexibility index (Phi) is 1.86. The molecule has 0 aromatic heterocycles. The van der Waals surface area contributed by atoms with Crippen LogP contribution in [0.4, 0.5) is 0 Å². The fourth-order valence-electron chi connectivity index (χ4n) is 1.75. The van der Waals surface area contributed by atoms with Gasteiger partial charge in [0.05, 0.1) is 11.3 Å². The molecular formula is C8H13NO3. The van der Waals surface area contributed by atoms with Crippen LogP contribution in [-0.2, 0) is 9.59 Å². The molecule has 1 aliphatic carbocycles. The molecule has 1 rings (SSSR count). The number of hydrogen-bond acceptors (Lipinski definition) is 2. The molecular weight excluding hydrogens is 158 g/mol. The predicted octanol–water partition coefficient (Wildman–Crippen LogP) is 0.219. The van der Waals surface area contributed by atoms with Crippen LogP contribution in [0.3, 0.4) is 0 Å². The molecule has 0 aromatic carbocycles. The van der Waals surface area contributed by atoms with Gasteiger partial charge in [0.25, 0.3) is 0 Å². The van der Waals surface area contributed by atoms with Gasteiger partial charge < -0.3 is 10.8 Å². The standard InChI is InChI=1S/C8H13NO3/c1-4(2)8(7(11)12)3-5(8)6(9)10/h4-5H,3H2,1-2H3,(H2,9,10)(H,11,12). The lowest BCUT2D eigenvalue weighted by Crippen LogP contribution is -2.28. The van der Waals surface area contributed by atoms with E-state index in [1.807, 2.05) is 0 Å². The topological polar surface area (TPSA) is 80.4 Å². The normalized spacial score (nSPS) is 33.4. The van der Waals surface area contributed by atoms with Gasteiger partial charge in [-0.15, -0.1) is 0 Å². The second-order valence-corrected chi connectivity index (χ2v) is 3.66. The SMILES string of the molecule is CC(C)C1(C(=O)O)CC1C(N)=O. The molecule has 1 amide bonds. The van der Waals surface area contributed by atoms with Crippen molar-refractivity contribution >= 4 is 11.9 Å². The van der Waals surface area contributed by atoms with E-state index < -0.39 is 23.2 Å². The average Bonchev–Trinajstić information content (AvgIpc) is 2.60. The Bertz CT molecular complexity index is 236. The van der Waals surface area contributed by atoms with Crippen LogP contribution in [0.25, 0.3) is 0 Å². The molecule has 0 spiro atoms. The minimum Gasteiger partial charge on any atom is -0.481 e. The molecule has 12 heavy (non-hydrogen) atoms. The minimum absolute atomic E-state index is 0.0347. The van der Waals surface area contributed by atoms with Crippen LogP contribution in [0, 0.1) is 17.3 Å². The largest absolute Gasteiger partial charge is 0.481 e. The van der Waals surface area contributed by atoms with E-state index in [0.29, 0.717) is 6.42 Å². The predicted molar refractivity (Wildman–Crippen MR) is 42.2 cm³/mol. The molecule has 2 unspecified atom stereocenters. The summed E-state index contributed by atoms with van der Waals surface area (Å²) in [4.78, 5) is 21.6. The van der Waals surface area contributed by atoms with E-state index in [1.165, 1.54) is 0 Å². The Labute approximate surface area is 70.7 Å². The number of nitrogens with two attached hydrogens (primary N) is 1. The lowest BCUT2D eigenvalue weighted by atomic mass is 9.90. The molecule has 4 heteroatoms. The molecule has 1 fully saturated rings. The van der Waals surface area contributed by atoms with Crippen LogP contribution in [0.15, 0.2) is 0 Å². The summed E-state index contributed by atoms with van der Waals surface area (Å²) in [6.07, 6.45) is 0.398. The number of amides is 1. The molecule has 68 valence electrons. The summed E-state index contributed by atoms with van der Waals surface area (Å²) in [5.41, 5.74) is 4.18. The number of carbonyl (C=O) groups is 2. The number of primary amides is 1. The Balaban J connectivity index is 2.83. The molecule has 0 aliphatic heterocycles. The van der Waals surface area contributed by atoms with Gasteiger partial charge in [-0.1, -0.05) is 13.8 Å². The van der Waals surface area contributed by atoms with E-state index in [4.69, 9.17) is 10.8 Å². The number of carboxylic acid groups (broad SMARTS) is 1. The zero-order chi connectivity index (χ0) is 9.52. The van der Waals surface area contributed by atoms with Crippen LogP contribution >= 0.6 is 0 Å². The lowest BCUT2D eigenvalue weighted by molar-refractivity contribution is -0.147. The van der Waals surface area contributed by atoms with E-state index in [1.54, 1.807) is 13.8 Å². The van der Waals surface area contributed by atoms with Crippen molar-refractivity contribution in [1.82, 2.24) is 0 Å². The first-order valence-corrected chi connectivity index (χ1v) is 3.95. The number of carbonyl (C=O) groups excluding carboxylic acids is 1. The Morgan fingerprint density at radius 3 is 2.17 bits per heavy atom. The van der Waals surface area contributed by atoms with Gasteiger partial charge in [0.15, 0.2) is 0 Å². The first-order valence-electron chi connectivity index (χ1n) is 3.95. The van der Waals surface area contributed by atoms with Gasteiger partial charge in [-0.3, -0.25) is 9.59 Å². The molecule has 1 saturated carbocycles. The molecule has 3 N–H and O–H groups in total. The van der Waals surface area contributed by atoms with Crippen LogP contribution < -0.4 is 5.73 Å². The van der Waals surface area contributed by atoms with Gasteiger partial charge in [-0.25, -0.2) is 0 Å². The van der Waals surface area contributed by atoms with Gasteiger partial charge in [0.1, 0.15) is 0 Å². The summed E-state index contributed by atoms with van der Waals surface area (Å²) >= 11 is 0. The van der Waals surface area contributed by atoms with E-state index in [-0.39, 0.29) is 5.92 Å². The smallest absolute Gasteiger partial charge is 0.310 e. The average molecular weight is 171 g/mol. The Hall–Kier alpha value is -1.06. The third-order valence-electron chi connectivity index (χ3n) is 2.78. The van der Waals surface area contributed by atoms with Gasteiger partial charge in [0.2, 0.25) is 5.91 Å². The maximum Gasteiger partial charge on any atom is 0.310 e. The van der Waals surface area contributed by atoms with Crippen molar-refractivity contribution in [2.45, 2.75) is 20.3 Å². The van der Waals surface area contributed by atoms with E-state index in [2.05, 4.69) is 0 Å². The van der Waals surface area contributed by atoms with E-state index >= 15 is 0 Å². The minimum atomic E-state index is -0.902. The number of aliphatic carboxylic acids is 1. The van der Waals surface area contributed by atoms with E-state index in [9.17, 15) is 9.59 Å². The molecule has 1 aliphatic rings. The molecule has 0 saturated heterocycles. The molecule has 0 bridgehead atoms. The summed E-state index contributed by atoms with van der Waals surface area (Å²) in [6.45, 7) is 3.61. The monoisotopic (exact) mass is 171 g/mol. The molecule has 0 radical (unpaired) electrons. The highest BCUT2D eigenvalue weighted by atomic mass is 16.4. The van der Waals surface area contributed by atoms with Crippen LogP contribution in [0.5, 0.6) is 0 Å². The second-order valence-electron chi connectivity index (χ2n) is 3.66.